The molecule has 0 radical (unpaired) electrons. The second-order valence-corrected chi connectivity index (χ2v) is 5.81. The number of carbonyl (C=O) groups excluding carboxylic acids is 1. The Kier molecular flexibility index (Phi) is 4.68. The first-order valence-electron chi connectivity index (χ1n) is 6.03. The monoisotopic (exact) mass is 352 g/mol. The molecule has 0 heterocycles. The molecule has 5 heteroatoms. The van der Waals surface area contributed by atoms with Gasteiger partial charge in [-0.05, 0) is 29.8 Å². The van der Waals surface area contributed by atoms with E-state index >= 15 is 0 Å². The third-order valence-corrected chi connectivity index (χ3v) is 3.78. The van der Waals surface area contributed by atoms with Gasteiger partial charge >= 0.3 is 0 Å². The van der Waals surface area contributed by atoms with Gasteiger partial charge in [0.15, 0.2) is 0 Å². The summed E-state index contributed by atoms with van der Waals surface area (Å²) in [5.41, 5.74) is 7.62. The van der Waals surface area contributed by atoms with Crippen LogP contribution >= 0.6 is 27.5 Å². The van der Waals surface area contributed by atoms with Crippen LogP contribution in [0.25, 0.3) is 0 Å². The van der Waals surface area contributed by atoms with Gasteiger partial charge < -0.3 is 10.6 Å². The zero-order chi connectivity index (χ0) is 14.7. The Morgan fingerprint density at radius 2 is 1.90 bits per heavy atom. The average Bonchev–Trinajstić information content (AvgIpc) is 2.41. The summed E-state index contributed by atoms with van der Waals surface area (Å²) < 4.78 is 1.01. The summed E-state index contributed by atoms with van der Waals surface area (Å²) in [6.07, 6.45) is 0. The van der Waals surface area contributed by atoms with E-state index in [-0.39, 0.29) is 5.91 Å². The van der Waals surface area contributed by atoms with Crippen molar-refractivity contribution in [2.45, 2.75) is 6.54 Å². The SMILES string of the molecule is CN(Cc1ccc(Br)cc1)C(=O)c1c(N)cccc1Cl. The first-order valence-corrected chi connectivity index (χ1v) is 7.20. The Morgan fingerprint density at radius 1 is 1.25 bits per heavy atom. The number of rotatable bonds is 3. The van der Waals surface area contributed by atoms with Crippen molar-refractivity contribution in [1.29, 1.82) is 0 Å². The molecule has 0 fully saturated rings. The first kappa shape index (κ1) is 14.9. The fourth-order valence-electron chi connectivity index (χ4n) is 1.89. The second kappa shape index (κ2) is 6.29. The molecule has 2 rings (SSSR count). The maximum atomic E-state index is 12.4. The fourth-order valence-corrected chi connectivity index (χ4v) is 2.42. The van der Waals surface area contributed by atoms with E-state index in [1.54, 1.807) is 30.1 Å². The van der Waals surface area contributed by atoms with Gasteiger partial charge in [0.1, 0.15) is 0 Å². The lowest BCUT2D eigenvalue weighted by Gasteiger charge is -2.19. The Hall–Kier alpha value is -1.52. The van der Waals surface area contributed by atoms with E-state index < -0.39 is 0 Å². The third kappa shape index (κ3) is 3.32. The van der Waals surface area contributed by atoms with Gasteiger partial charge in [-0.25, -0.2) is 0 Å². The molecule has 2 aromatic carbocycles. The van der Waals surface area contributed by atoms with Crippen molar-refractivity contribution >= 4 is 39.1 Å². The normalized spacial score (nSPS) is 10.3. The standard InChI is InChI=1S/C15H14BrClN2O/c1-19(9-10-5-7-11(16)8-6-10)15(20)14-12(17)3-2-4-13(14)18/h2-8H,9,18H2,1H3. The summed E-state index contributed by atoms with van der Waals surface area (Å²) in [7, 11) is 1.73. The van der Waals surface area contributed by atoms with Crippen LogP contribution in [0.5, 0.6) is 0 Å². The minimum Gasteiger partial charge on any atom is -0.398 e. The average molecular weight is 354 g/mol. The number of amides is 1. The lowest BCUT2D eigenvalue weighted by atomic mass is 10.1. The zero-order valence-electron chi connectivity index (χ0n) is 10.9. The molecular formula is C15H14BrClN2O. The van der Waals surface area contributed by atoms with E-state index in [0.29, 0.717) is 22.8 Å². The Bertz CT molecular complexity index is 608. The van der Waals surface area contributed by atoms with Crippen molar-refractivity contribution in [3.05, 3.63) is 63.1 Å². The molecule has 2 aromatic rings. The Labute approximate surface area is 131 Å². The highest BCUT2D eigenvalue weighted by Crippen LogP contribution is 2.24. The summed E-state index contributed by atoms with van der Waals surface area (Å²) >= 11 is 9.44. The number of nitrogens with two attached hydrogens (primary N) is 1. The molecule has 0 aliphatic carbocycles. The van der Waals surface area contributed by atoms with Crippen LogP contribution in [0, 0.1) is 0 Å². The lowest BCUT2D eigenvalue weighted by molar-refractivity contribution is 0.0786. The number of benzene rings is 2. The molecule has 0 saturated heterocycles. The highest BCUT2D eigenvalue weighted by Gasteiger charge is 2.18. The highest BCUT2D eigenvalue weighted by atomic mass is 79.9. The third-order valence-electron chi connectivity index (χ3n) is 2.94. The highest BCUT2D eigenvalue weighted by molar-refractivity contribution is 9.10. The summed E-state index contributed by atoms with van der Waals surface area (Å²) in [5, 5.41) is 0.373. The van der Waals surface area contributed by atoms with Crippen molar-refractivity contribution in [3.63, 3.8) is 0 Å². The minimum atomic E-state index is -0.184. The molecule has 0 aliphatic heterocycles. The molecule has 0 unspecified atom stereocenters. The van der Waals surface area contributed by atoms with Crippen LogP contribution in [0.2, 0.25) is 5.02 Å². The second-order valence-electron chi connectivity index (χ2n) is 4.49. The maximum absolute atomic E-state index is 12.4. The Morgan fingerprint density at radius 3 is 2.50 bits per heavy atom. The minimum absolute atomic E-state index is 0.184. The summed E-state index contributed by atoms with van der Waals surface area (Å²) in [6, 6.07) is 12.9. The van der Waals surface area contributed by atoms with Crippen LogP contribution < -0.4 is 5.73 Å². The molecule has 3 nitrogen and oxygen atoms in total. The largest absolute Gasteiger partial charge is 0.398 e. The van der Waals surface area contributed by atoms with Gasteiger partial charge in [-0.3, -0.25) is 4.79 Å². The van der Waals surface area contributed by atoms with Gasteiger partial charge in [-0.15, -0.1) is 0 Å². The number of nitrogens with zero attached hydrogens (tertiary/aromatic N) is 1. The lowest BCUT2D eigenvalue weighted by Crippen LogP contribution is -2.27. The molecule has 0 spiro atoms. The zero-order valence-corrected chi connectivity index (χ0v) is 13.3. The summed E-state index contributed by atoms with van der Waals surface area (Å²) in [4.78, 5) is 14.0. The molecule has 104 valence electrons. The van der Waals surface area contributed by atoms with E-state index in [1.807, 2.05) is 24.3 Å². The van der Waals surface area contributed by atoms with Gasteiger partial charge in [0.05, 0.1) is 10.6 Å². The molecule has 0 aromatic heterocycles. The van der Waals surface area contributed by atoms with E-state index in [1.165, 1.54) is 0 Å². The first-order chi connectivity index (χ1) is 9.49. The fraction of sp³-hybridized carbons (Fsp3) is 0.133. The van der Waals surface area contributed by atoms with Gasteiger partial charge in [0.2, 0.25) is 0 Å². The molecule has 1 amide bonds. The number of nitrogen functional groups attached to an aromatic ring is 1. The predicted octanol–water partition coefficient (Wildman–Crippen LogP) is 3.96. The predicted molar refractivity (Wildman–Crippen MR) is 85.8 cm³/mol. The van der Waals surface area contributed by atoms with Gasteiger partial charge in [-0.1, -0.05) is 45.7 Å². The van der Waals surface area contributed by atoms with Crippen LogP contribution in [0.3, 0.4) is 0 Å². The molecular weight excluding hydrogens is 340 g/mol. The number of anilines is 1. The van der Waals surface area contributed by atoms with Crippen LogP contribution in [-0.2, 0) is 6.54 Å². The molecule has 0 aliphatic rings. The van der Waals surface area contributed by atoms with Crippen LogP contribution in [0.4, 0.5) is 5.69 Å². The molecule has 0 atom stereocenters. The van der Waals surface area contributed by atoms with Crippen LogP contribution in [0.15, 0.2) is 46.9 Å². The summed E-state index contributed by atoms with van der Waals surface area (Å²) in [5.74, 6) is -0.184. The van der Waals surface area contributed by atoms with Gasteiger partial charge in [0, 0.05) is 23.8 Å². The van der Waals surface area contributed by atoms with Crippen molar-refractivity contribution < 1.29 is 4.79 Å². The van der Waals surface area contributed by atoms with Crippen molar-refractivity contribution in [1.82, 2.24) is 4.90 Å². The van der Waals surface area contributed by atoms with Crippen molar-refractivity contribution in [2.75, 3.05) is 12.8 Å². The van der Waals surface area contributed by atoms with Crippen LogP contribution in [0.1, 0.15) is 15.9 Å². The topological polar surface area (TPSA) is 46.3 Å². The van der Waals surface area contributed by atoms with Crippen LogP contribution in [-0.4, -0.2) is 17.9 Å². The van der Waals surface area contributed by atoms with E-state index in [9.17, 15) is 4.79 Å². The number of hydrogen-bond donors (Lipinski definition) is 1. The smallest absolute Gasteiger partial charge is 0.257 e. The van der Waals surface area contributed by atoms with E-state index in [2.05, 4.69) is 15.9 Å². The number of halogens is 2. The molecule has 0 bridgehead atoms. The molecule has 20 heavy (non-hydrogen) atoms. The quantitative estimate of drug-likeness (QED) is 0.849. The number of hydrogen-bond acceptors (Lipinski definition) is 2. The van der Waals surface area contributed by atoms with Crippen molar-refractivity contribution in [3.8, 4) is 0 Å². The number of carbonyl (C=O) groups is 1. The van der Waals surface area contributed by atoms with E-state index in [4.69, 9.17) is 17.3 Å². The van der Waals surface area contributed by atoms with Crippen molar-refractivity contribution in [2.24, 2.45) is 0 Å². The Balaban J connectivity index is 2.18. The maximum Gasteiger partial charge on any atom is 0.257 e. The summed E-state index contributed by atoms with van der Waals surface area (Å²) in [6.45, 7) is 0.497. The van der Waals surface area contributed by atoms with E-state index in [0.717, 1.165) is 10.0 Å². The van der Waals surface area contributed by atoms with Gasteiger partial charge in [0.25, 0.3) is 5.91 Å². The van der Waals surface area contributed by atoms with Gasteiger partial charge in [-0.2, -0.15) is 0 Å². The molecule has 2 N–H and O–H groups in total. The molecule has 0 saturated carbocycles.